The minimum absolute atomic E-state index is 0.762. The quantitative estimate of drug-likeness (QED) is 0.496. The van der Waals surface area contributed by atoms with Gasteiger partial charge in [-0.3, -0.25) is 0 Å². The monoisotopic (exact) mass is 182 g/mol. The third-order valence-electron chi connectivity index (χ3n) is 2.81. The molecule has 0 rings (SSSR count). The van der Waals surface area contributed by atoms with E-state index in [1.165, 1.54) is 32.1 Å². The predicted molar refractivity (Wildman–Crippen MR) is 61.9 cm³/mol. The average Bonchev–Trinajstić information content (AvgIpc) is 2.14. The molecule has 0 aromatic rings. The van der Waals surface area contributed by atoms with Gasteiger partial charge in [0.1, 0.15) is 0 Å². The van der Waals surface area contributed by atoms with Crippen LogP contribution in [0.25, 0.3) is 0 Å². The van der Waals surface area contributed by atoms with Crippen LogP contribution in [0.15, 0.2) is 12.2 Å². The predicted octanol–water partition coefficient (Wildman–Crippen LogP) is 4.81. The highest BCUT2D eigenvalue weighted by molar-refractivity contribution is 4.88. The number of allylic oxidation sites excluding steroid dienone is 2. The van der Waals surface area contributed by atoms with Gasteiger partial charge in [-0.05, 0) is 18.3 Å². The van der Waals surface area contributed by atoms with Crippen LogP contribution in [-0.2, 0) is 0 Å². The van der Waals surface area contributed by atoms with Crippen LogP contribution >= 0.6 is 0 Å². The van der Waals surface area contributed by atoms with E-state index in [1.807, 2.05) is 0 Å². The SMILES string of the molecule is CCCC=CC(C)C(C)CCCC. The molecule has 78 valence electrons. The van der Waals surface area contributed by atoms with E-state index in [0.717, 1.165) is 11.8 Å². The fraction of sp³-hybridized carbons (Fsp3) is 0.846. The van der Waals surface area contributed by atoms with Crippen molar-refractivity contribution < 1.29 is 0 Å². The molecule has 0 fully saturated rings. The van der Waals surface area contributed by atoms with Crippen LogP contribution in [0, 0.1) is 11.8 Å². The van der Waals surface area contributed by atoms with E-state index in [-0.39, 0.29) is 0 Å². The largest absolute Gasteiger partial charge is 0.0883 e. The molecule has 0 saturated heterocycles. The van der Waals surface area contributed by atoms with Crippen molar-refractivity contribution in [1.82, 2.24) is 0 Å². The van der Waals surface area contributed by atoms with Crippen molar-refractivity contribution >= 4 is 0 Å². The van der Waals surface area contributed by atoms with Gasteiger partial charge in [-0.2, -0.15) is 0 Å². The van der Waals surface area contributed by atoms with Gasteiger partial charge < -0.3 is 0 Å². The van der Waals surface area contributed by atoms with Crippen LogP contribution in [0.2, 0.25) is 0 Å². The van der Waals surface area contributed by atoms with E-state index < -0.39 is 0 Å². The summed E-state index contributed by atoms with van der Waals surface area (Å²) in [6.07, 6.45) is 11.3. The van der Waals surface area contributed by atoms with Gasteiger partial charge in [-0.15, -0.1) is 0 Å². The lowest BCUT2D eigenvalue weighted by atomic mass is 9.90. The van der Waals surface area contributed by atoms with Gasteiger partial charge in [0.15, 0.2) is 0 Å². The molecule has 0 saturated carbocycles. The summed E-state index contributed by atoms with van der Waals surface area (Å²) in [4.78, 5) is 0. The van der Waals surface area contributed by atoms with Crippen LogP contribution < -0.4 is 0 Å². The first-order chi connectivity index (χ1) is 6.22. The minimum Gasteiger partial charge on any atom is -0.0883 e. The molecule has 0 radical (unpaired) electrons. The Bertz CT molecular complexity index is 124. The number of rotatable bonds is 7. The zero-order valence-electron chi connectivity index (χ0n) is 9.84. The van der Waals surface area contributed by atoms with Gasteiger partial charge in [0.25, 0.3) is 0 Å². The molecule has 2 atom stereocenters. The molecule has 0 aliphatic heterocycles. The van der Waals surface area contributed by atoms with Crippen molar-refractivity contribution in [2.75, 3.05) is 0 Å². The lowest BCUT2D eigenvalue weighted by molar-refractivity contribution is 0.413. The van der Waals surface area contributed by atoms with Crippen molar-refractivity contribution in [1.29, 1.82) is 0 Å². The summed E-state index contributed by atoms with van der Waals surface area (Å²) in [6.45, 7) is 9.21. The van der Waals surface area contributed by atoms with Gasteiger partial charge in [-0.25, -0.2) is 0 Å². The maximum Gasteiger partial charge on any atom is -0.0236 e. The topological polar surface area (TPSA) is 0 Å². The Kier molecular flexibility index (Phi) is 8.18. The second-order valence-corrected chi connectivity index (χ2v) is 4.20. The fourth-order valence-corrected chi connectivity index (χ4v) is 1.46. The van der Waals surface area contributed by atoms with E-state index in [4.69, 9.17) is 0 Å². The Morgan fingerprint density at radius 3 is 2.31 bits per heavy atom. The Balaban J connectivity index is 3.61. The highest BCUT2D eigenvalue weighted by atomic mass is 14.1. The molecule has 0 spiro atoms. The van der Waals surface area contributed by atoms with E-state index in [9.17, 15) is 0 Å². The molecule has 0 heterocycles. The summed E-state index contributed by atoms with van der Waals surface area (Å²) in [5.74, 6) is 1.62. The maximum atomic E-state index is 2.39. The Morgan fingerprint density at radius 1 is 1.08 bits per heavy atom. The first kappa shape index (κ1) is 12.7. The Labute approximate surface area is 84.4 Å². The molecule has 2 unspecified atom stereocenters. The second kappa shape index (κ2) is 8.34. The Morgan fingerprint density at radius 2 is 1.77 bits per heavy atom. The highest BCUT2D eigenvalue weighted by Gasteiger charge is 2.07. The third-order valence-corrected chi connectivity index (χ3v) is 2.81. The first-order valence-corrected chi connectivity index (χ1v) is 5.89. The van der Waals surface area contributed by atoms with E-state index >= 15 is 0 Å². The van der Waals surface area contributed by atoms with E-state index in [1.54, 1.807) is 0 Å². The molecule has 0 aromatic carbocycles. The van der Waals surface area contributed by atoms with Gasteiger partial charge >= 0.3 is 0 Å². The molecule has 0 aliphatic carbocycles. The van der Waals surface area contributed by atoms with Gasteiger partial charge in [0, 0.05) is 0 Å². The van der Waals surface area contributed by atoms with Crippen molar-refractivity contribution in [3.8, 4) is 0 Å². The summed E-state index contributed by atoms with van der Waals surface area (Å²) < 4.78 is 0. The molecule has 0 amide bonds. The number of hydrogen-bond acceptors (Lipinski definition) is 0. The molecule has 0 aliphatic rings. The smallest absolute Gasteiger partial charge is 0.0236 e. The molecule has 0 bridgehead atoms. The third kappa shape index (κ3) is 6.86. The van der Waals surface area contributed by atoms with Crippen molar-refractivity contribution in [3.63, 3.8) is 0 Å². The van der Waals surface area contributed by atoms with E-state index in [0.29, 0.717) is 0 Å². The van der Waals surface area contributed by atoms with Crippen LogP contribution in [0.4, 0.5) is 0 Å². The fourth-order valence-electron chi connectivity index (χ4n) is 1.46. The van der Waals surface area contributed by atoms with Crippen molar-refractivity contribution in [3.05, 3.63) is 12.2 Å². The summed E-state index contributed by atoms with van der Waals surface area (Å²) in [6, 6.07) is 0. The molecule has 0 aromatic heterocycles. The lowest BCUT2D eigenvalue weighted by Crippen LogP contribution is -2.04. The summed E-state index contributed by atoms with van der Waals surface area (Å²) >= 11 is 0. The van der Waals surface area contributed by atoms with Crippen LogP contribution in [0.3, 0.4) is 0 Å². The minimum atomic E-state index is 0.762. The average molecular weight is 182 g/mol. The van der Waals surface area contributed by atoms with Crippen LogP contribution in [-0.4, -0.2) is 0 Å². The second-order valence-electron chi connectivity index (χ2n) is 4.20. The van der Waals surface area contributed by atoms with Crippen LogP contribution in [0.1, 0.15) is 59.8 Å². The zero-order valence-corrected chi connectivity index (χ0v) is 9.84. The summed E-state index contributed by atoms with van der Waals surface area (Å²) in [5.41, 5.74) is 0. The summed E-state index contributed by atoms with van der Waals surface area (Å²) in [5, 5.41) is 0. The van der Waals surface area contributed by atoms with Gasteiger partial charge in [-0.1, -0.05) is 65.5 Å². The zero-order chi connectivity index (χ0) is 10.1. The van der Waals surface area contributed by atoms with Crippen LogP contribution in [0.5, 0.6) is 0 Å². The molecule has 0 N–H and O–H groups in total. The van der Waals surface area contributed by atoms with Crippen molar-refractivity contribution in [2.24, 2.45) is 11.8 Å². The molecular formula is C13H26. The van der Waals surface area contributed by atoms with Gasteiger partial charge in [0.2, 0.25) is 0 Å². The Hall–Kier alpha value is -0.260. The first-order valence-electron chi connectivity index (χ1n) is 5.89. The molecular weight excluding hydrogens is 156 g/mol. The highest BCUT2D eigenvalue weighted by Crippen LogP contribution is 2.19. The summed E-state index contributed by atoms with van der Waals surface area (Å²) in [7, 11) is 0. The van der Waals surface area contributed by atoms with Gasteiger partial charge in [0.05, 0.1) is 0 Å². The van der Waals surface area contributed by atoms with Crippen molar-refractivity contribution in [2.45, 2.75) is 59.8 Å². The standard InChI is InChI=1S/C13H26/c1-5-7-9-11-13(4)12(3)10-8-6-2/h9,11-13H,5-8,10H2,1-4H3. The van der Waals surface area contributed by atoms with E-state index in [2.05, 4.69) is 39.8 Å². The molecule has 13 heavy (non-hydrogen) atoms. The molecule has 0 heteroatoms. The molecule has 0 nitrogen and oxygen atoms in total. The number of unbranched alkanes of at least 4 members (excludes halogenated alkanes) is 2. The lowest BCUT2D eigenvalue weighted by Gasteiger charge is -2.15. The number of hydrogen-bond donors (Lipinski definition) is 0. The normalized spacial score (nSPS) is 16.3. The maximum absolute atomic E-state index is 2.39.